The number of nitrogens with zero attached hydrogens (tertiary/aromatic N) is 3. The maximum Gasteiger partial charge on any atom is 0.194 e. The molecule has 1 aromatic heterocycles. The van der Waals surface area contributed by atoms with Gasteiger partial charge in [-0.15, -0.1) is 0 Å². The van der Waals surface area contributed by atoms with Crippen molar-refractivity contribution in [1.29, 1.82) is 0 Å². The first-order valence-corrected chi connectivity index (χ1v) is 9.42. The van der Waals surface area contributed by atoms with Crippen LogP contribution in [0.3, 0.4) is 0 Å². The van der Waals surface area contributed by atoms with Crippen LogP contribution in [0.4, 0.5) is 0 Å². The van der Waals surface area contributed by atoms with Crippen molar-refractivity contribution < 1.29 is 9.47 Å². The van der Waals surface area contributed by atoms with Crippen molar-refractivity contribution in [1.82, 2.24) is 14.8 Å². The molecule has 1 heterocycles. The van der Waals surface area contributed by atoms with E-state index >= 15 is 0 Å². The van der Waals surface area contributed by atoms with E-state index in [1.54, 1.807) is 7.11 Å². The summed E-state index contributed by atoms with van der Waals surface area (Å²) in [6.45, 7) is 5.26. The molecule has 0 aliphatic heterocycles. The fourth-order valence-electron chi connectivity index (χ4n) is 2.65. The summed E-state index contributed by atoms with van der Waals surface area (Å²) in [5, 5.41) is 4.09. The molecule has 2 aromatic rings. The summed E-state index contributed by atoms with van der Waals surface area (Å²) in [6.07, 6.45) is 1.91. The zero-order valence-corrected chi connectivity index (χ0v) is 17.3. The molecule has 1 aromatic carbocycles. The summed E-state index contributed by atoms with van der Waals surface area (Å²) in [5.41, 5.74) is 2.22. The monoisotopic (exact) mass is 392 g/mol. The van der Waals surface area contributed by atoms with Crippen LogP contribution in [-0.2, 0) is 24.9 Å². The van der Waals surface area contributed by atoms with E-state index in [-0.39, 0.29) is 0 Å². The van der Waals surface area contributed by atoms with E-state index in [0.29, 0.717) is 19.8 Å². The minimum Gasteiger partial charge on any atom is -0.491 e. The van der Waals surface area contributed by atoms with Gasteiger partial charge in [-0.3, -0.25) is 0 Å². The van der Waals surface area contributed by atoms with Crippen LogP contribution >= 0.6 is 11.6 Å². The molecule has 0 aliphatic rings. The zero-order valence-electron chi connectivity index (χ0n) is 16.5. The van der Waals surface area contributed by atoms with Gasteiger partial charge in [-0.05, 0) is 30.7 Å². The number of ether oxygens (including phenoxy) is 2. The molecule has 0 aliphatic carbocycles. The van der Waals surface area contributed by atoms with E-state index in [9.17, 15) is 0 Å². The number of halogens is 1. The molecule has 0 atom stereocenters. The molecule has 2 rings (SSSR count). The molecule has 0 bridgehead atoms. The van der Waals surface area contributed by atoms with Crippen molar-refractivity contribution in [3.63, 3.8) is 0 Å². The Bertz CT molecular complexity index is 745. The summed E-state index contributed by atoms with van der Waals surface area (Å²) < 4.78 is 12.7. The molecule has 1 N–H and O–H groups in total. The van der Waals surface area contributed by atoms with Gasteiger partial charge in [0.15, 0.2) is 5.96 Å². The third kappa shape index (κ3) is 6.81. The predicted octanol–water partition coefficient (Wildman–Crippen LogP) is 3.30. The molecule has 27 heavy (non-hydrogen) atoms. The third-order valence-electron chi connectivity index (χ3n) is 4.04. The molecule has 6 nitrogen and oxygen atoms in total. The summed E-state index contributed by atoms with van der Waals surface area (Å²) in [5.74, 6) is 1.68. The summed E-state index contributed by atoms with van der Waals surface area (Å²) in [6, 6.07) is 9.96. The number of aliphatic imine (C=N–C) groups is 1. The molecule has 0 amide bonds. The lowest BCUT2D eigenvalue weighted by molar-refractivity contribution is 0.146. The molecule has 0 saturated carbocycles. The van der Waals surface area contributed by atoms with E-state index in [1.807, 2.05) is 55.2 Å². The van der Waals surface area contributed by atoms with Crippen LogP contribution in [0.15, 0.2) is 41.5 Å². The molecule has 7 heteroatoms. The van der Waals surface area contributed by atoms with Gasteiger partial charge in [0.25, 0.3) is 0 Å². The smallest absolute Gasteiger partial charge is 0.194 e. The summed E-state index contributed by atoms with van der Waals surface area (Å²) in [4.78, 5) is 6.85. The fourth-order valence-corrected chi connectivity index (χ4v) is 2.93. The molecular formula is C20H29ClN4O2. The Balaban J connectivity index is 2.03. The van der Waals surface area contributed by atoms with E-state index in [4.69, 9.17) is 26.1 Å². The minimum atomic E-state index is 0.536. The lowest BCUT2D eigenvalue weighted by Gasteiger charge is -2.22. The lowest BCUT2D eigenvalue weighted by Crippen LogP contribution is -2.38. The second-order valence-corrected chi connectivity index (χ2v) is 6.71. The Morgan fingerprint density at radius 2 is 2.11 bits per heavy atom. The van der Waals surface area contributed by atoms with Crippen LogP contribution in [0.5, 0.6) is 5.75 Å². The van der Waals surface area contributed by atoms with Crippen LogP contribution in [0.2, 0.25) is 5.02 Å². The molecule has 0 saturated heterocycles. The standard InChI is InChI=1S/C20H29ClN4O2/c1-5-22-20(25(3)15-18-12-17(21)14-24(18)2)23-13-16-7-6-8-19(11-16)27-10-9-26-4/h6-8,11-12,14H,5,9-10,13,15H2,1-4H3,(H,22,23). The van der Waals surface area contributed by atoms with Gasteiger partial charge in [0.05, 0.1) is 24.7 Å². The van der Waals surface area contributed by atoms with Crippen molar-refractivity contribution in [2.45, 2.75) is 20.0 Å². The van der Waals surface area contributed by atoms with Gasteiger partial charge < -0.3 is 24.3 Å². The molecule has 0 fully saturated rings. The third-order valence-corrected chi connectivity index (χ3v) is 4.24. The largest absolute Gasteiger partial charge is 0.491 e. The minimum absolute atomic E-state index is 0.536. The second-order valence-electron chi connectivity index (χ2n) is 6.28. The quantitative estimate of drug-likeness (QED) is 0.404. The van der Waals surface area contributed by atoms with Crippen molar-refractivity contribution in [3.05, 3.63) is 52.8 Å². The Labute approximate surface area is 166 Å². The van der Waals surface area contributed by atoms with Crippen LogP contribution in [-0.4, -0.2) is 49.3 Å². The van der Waals surface area contributed by atoms with Gasteiger partial charge in [-0.25, -0.2) is 4.99 Å². The highest BCUT2D eigenvalue weighted by molar-refractivity contribution is 6.30. The molecule has 148 valence electrons. The average Bonchev–Trinajstić information content (AvgIpc) is 2.96. The second kappa shape index (κ2) is 10.8. The van der Waals surface area contributed by atoms with Gasteiger partial charge in [0, 0.05) is 39.6 Å². The first-order valence-electron chi connectivity index (χ1n) is 9.04. The van der Waals surface area contributed by atoms with Gasteiger partial charge >= 0.3 is 0 Å². The number of methoxy groups -OCH3 is 1. The van der Waals surface area contributed by atoms with Crippen molar-refractivity contribution in [2.75, 3.05) is 33.9 Å². The number of aryl methyl sites for hydroxylation is 1. The number of guanidine groups is 1. The topological polar surface area (TPSA) is 51.0 Å². The van der Waals surface area contributed by atoms with Crippen molar-refractivity contribution in [2.24, 2.45) is 12.0 Å². The van der Waals surface area contributed by atoms with E-state index in [1.165, 1.54) is 0 Å². The summed E-state index contributed by atoms with van der Waals surface area (Å²) >= 11 is 6.09. The first kappa shape index (κ1) is 21.1. The Hall–Kier alpha value is -2.18. The maximum atomic E-state index is 6.09. The fraction of sp³-hybridized carbons (Fsp3) is 0.450. The van der Waals surface area contributed by atoms with Gasteiger partial charge in [0.1, 0.15) is 12.4 Å². The molecule has 0 radical (unpaired) electrons. The van der Waals surface area contributed by atoms with Crippen LogP contribution < -0.4 is 10.1 Å². The van der Waals surface area contributed by atoms with Crippen LogP contribution in [0.1, 0.15) is 18.2 Å². The molecule has 0 unspecified atom stereocenters. The normalized spacial score (nSPS) is 11.5. The number of aromatic nitrogens is 1. The van der Waals surface area contributed by atoms with E-state index < -0.39 is 0 Å². The number of nitrogens with one attached hydrogen (secondary N) is 1. The summed E-state index contributed by atoms with van der Waals surface area (Å²) in [7, 11) is 5.68. The Kier molecular flexibility index (Phi) is 8.48. The number of benzene rings is 1. The highest BCUT2D eigenvalue weighted by atomic mass is 35.5. The van der Waals surface area contributed by atoms with E-state index in [2.05, 4.69) is 17.1 Å². The van der Waals surface area contributed by atoms with Crippen LogP contribution in [0.25, 0.3) is 0 Å². The Morgan fingerprint density at radius 3 is 2.78 bits per heavy atom. The molecular weight excluding hydrogens is 364 g/mol. The zero-order chi connectivity index (χ0) is 19.6. The van der Waals surface area contributed by atoms with Gasteiger partial charge in [-0.1, -0.05) is 23.7 Å². The number of hydrogen-bond donors (Lipinski definition) is 1. The van der Waals surface area contributed by atoms with Crippen LogP contribution in [0, 0.1) is 0 Å². The van der Waals surface area contributed by atoms with Gasteiger partial charge in [0.2, 0.25) is 0 Å². The Morgan fingerprint density at radius 1 is 1.30 bits per heavy atom. The highest BCUT2D eigenvalue weighted by Gasteiger charge is 2.10. The van der Waals surface area contributed by atoms with Crippen molar-refractivity contribution >= 4 is 17.6 Å². The highest BCUT2D eigenvalue weighted by Crippen LogP contribution is 2.16. The number of hydrogen-bond acceptors (Lipinski definition) is 3. The SMILES string of the molecule is CCNC(=NCc1cccc(OCCOC)c1)N(C)Cc1cc(Cl)cn1C. The first-order chi connectivity index (χ1) is 13.0. The number of rotatable bonds is 9. The lowest BCUT2D eigenvalue weighted by atomic mass is 10.2. The predicted molar refractivity (Wildman–Crippen MR) is 111 cm³/mol. The van der Waals surface area contributed by atoms with Gasteiger partial charge in [-0.2, -0.15) is 0 Å². The average molecular weight is 393 g/mol. The maximum absolute atomic E-state index is 6.09. The van der Waals surface area contributed by atoms with Crippen molar-refractivity contribution in [3.8, 4) is 5.75 Å². The molecule has 0 spiro atoms. The van der Waals surface area contributed by atoms with E-state index in [0.717, 1.165) is 41.1 Å².